The van der Waals surface area contributed by atoms with Gasteiger partial charge in [0.25, 0.3) is 5.91 Å². The maximum atomic E-state index is 12.4. The number of aromatic nitrogens is 3. The van der Waals surface area contributed by atoms with Gasteiger partial charge in [0.05, 0.1) is 5.75 Å². The van der Waals surface area contributed by atoms with Crippen molar-refractivity contribution in [1.29, 1.82) is 0 Å². The van der Waals surface area contributed by atoms with Crippen molar-refractivity contribution >= 4 is 29.3 Å². The molecule has 30 heavy (non-hydrogen) atoms. The van der Waals surface area contributed by atoms with Gasteiger partial charge in [-0.05, 0) is 38.1 Å². The van der Waals surface area contributed by atoms with Crippen LogP contribution in [0.4, 0.5) is 5.69 Å². The molecule has 0 unspecified atom stereocenters. The first-order valence-electron chi connectivity index (χ1n) is 9.80. The van der Waals surface area contributed by atoms with E-state index in [0.29, 0.717) is 41.1 Å². The predicted octanol–water partition coefficient (Wildman–Crippen LogP) is 3.69. The van der Waals surface area contributed by atoms with Crippen molar-refractivity contribution in [3.05, 3.63) is 60.2 Å². The Kier molecular flexibility index (Phi) is 7.24. The van der Waals surface area contributed by atoms with Crippen LogP contribution in [-0.2, 0) is 11.8 Å². The summed E-state index contributed by atoms with van der Waals surface area (Å²) in [5.74, 6) is 0.904. The molecule has 0 atom stereocenters. The molecule has 8 heteroatoms. The summed E-state index contributed by atoms with van der Waals surface area (Å²) in [5, 5.41) is 12.1. The lowest BCUT2D eigenvalue weighted by Crippen LogP contribution is -2.31. The lowest BCUT2D eigenvalue weighted by molar-refractivity contribution is -0.127. The SMILES string of the molecule is CCN(CC)C(=O)CSc1nnc(-c2cccc(NC(=O)c3ccccc3)c2)n1C. The standard InChI is InChI=1S/C22H25N5O2S/c1-4-27(5-2)19(28)15-30-22-25-24-20(26(22)3)17-12-9-13-18(14-17)23-21(29)16-10-7-6-8-11-16/h6-14H,4-5,15H2,1-3H3,(H,23,29). The number of hydrogen-bond donors (Lipinski definition) is 1. The zero-order valence-corrected chi connectivity index (χ0v) is 18.1. The Morgan fingerprint density at radius 2 is 1.77 bits per heavy atom. The molecule has 0 bridgehead atoms. The summed E-state index contributed by atoms with van der Waals surface area (Å²) < 4.78 is 1.86. The summed E-state index contributed by atoms with van der Waals surface area (Å²) >= 11 is 1.37. The van der Waals surface area contributed by atoms with Crippen LogP contribution in [0.1, 0.15) is 24.2 Å². The number of thioether (sulfide) groups is 1. The molecule has 3 rings (SSSR count). The number of nitrogens with one attached hydrogen (secondary N) is 1. The molecule has 0 saturated carbocycles. The van der Waals surface area contributed by atoms with Crippen LogP contribution in [0.3, 0.4) is 0 Å². The van der Waals surface area contributed by atoms with E-state index < -0.39 is 0 Å². The van der Waals surface area contributed by atoms with Crippen LogP contribution in [0.15, 0.2) is 59.8 Å². The van der Waals surface area contributed by atoms with E-state index in [2.05, 4.69) is 15.5 Å². The van der Waals surface area contributed by atoms with E-state index in [1.807, 2.05) is 67.9 Å². The van der Waals surface area contributed by atoms with E-state index in [1.54, 1.807) is 17.0 Å². The first-order valence-corrected chi connectivity index (χ1v) is 10.8. The number of carbonyl (C=O) groups is 2. The number of nitrogens with zero attached hydrogens (tertiary/aromatic N) is 4. The minimum Gasteiger partial charge on any atom is -0.343 e. The zero-order chi connectivity index (χ0) is 21.5. The van der Waals surface area contributed by atoms with E-state index in [1.165, 1.54) is 11.8 Å². The molecule has 0 saturated heterocycles. The Morgan fingerprint density at radius 3 is 2.47 bits per heavy atom. The topological polar surface area (TPSA) is 80.1 Å². The zero-order valence-electron chi connectivity index (χ0n) is 17.3. The van der Waals surface area contributed by atoms with Crippen LogP contribution in [0.5, 0.6) is 0 Å². The van der Waals surface area contributed by atoms with E-state index in [-0.39, 0.29) is 11.8 Å². The van der Waals surface area contributed by atoms with Crippen molar-refractivity contribution in [2.75, 3.05) is 24.2 Å². The maximum Gasteiger partial charge on any atom is 0.255 e. The number of benzene rings is 2. The van der Waals surface area contributed by atoms with Crippen molar-refractivity contribution in [3.8, 4) is 11.4 Å². The Morgan fingerprint density at radius 1 is 1.03 bits per heavy atom. The van der Waals surface area contributed by atoms with Gasteiger partial charge in [0.1, 0.15) is 0 Å². The number of carbonyl (C=O) groups excluding carboxylic acids is 2. The molecule has 2 amide bonds. The molecule has 0 radical (unpaired) electrons. The number of rotatable bonds is 8. The molecule has 0 fully saturated rings. The molecule has 1 aromatic heterocycles. The molecular weight excluding hydrogens is 398 g/mol. The molecule has 156 valence electrons. The van der Waals surface area contributed by atoms with Gasteiger partial charge in [0, 0.05) is 37.0 Å². The van der Waals surface area contributed by atoms with Crippen molar-refractivity contribution in [2.24, 2.45) is 7.05 Å². The van der Waals surface area contributed by atoms with E-state index >= 15 is 0 Å². The molecule has 7 nitrogen and oxygen atoms in total. The Labute approximate surface area is 180 Å². The van der Waals surface area contributed by atoms with Crippen molar-refractivity contribution in [1.82, 2.24) is 19.7 Å². The molecule has 0 aliphatic rings. The quantitative estimate of drug-likeness (QED) is 0.559. The summed E-state index contributed by atoms with van der Waals surface area (Å²) in [6, 6.07) is 16.5. The molecule has 3 aromatic rings. The average molecular weight is 424 g/mol. The second-order valence-electron chi connectivity index (χ2n) is 6.62. The monoisotopic (exact) mass is 423 g/mol. The Bertz CT molecular complexity index is 1020. The maximum absolute atomic E-state index is 12.4. The smallest absolute Gasteiger partial charge is 0.255 e. The van der Waals surface area contributed by atoms with Gasteiger partial charge in [-0.1, -0.05) is 42.1 Å². The number of anilines is 1. The van der Waals surface area contributed by atoms with Gasteiger partial charge >= 0.3 is 0 Å². The van der Waals surface area contributed by atoms with Crippen LogP contribution in [0, 0.1) is 0 Å². The highest BCUT2D eigenvalue weighted by molar-refractivity contribution is 7.99. The fourth-order valence-electron chi connectivity index (χ4n) is 3.01. The lowest BCUT2D eigenvalue weighted by Gasteiger charge is -2.17. The molecule has 0 aliphatic carbocycles. The van der Waals surface area contributed by atoms with Crippen LogP contribution in [-0.4, -0.2) is 50.3 Å². The largest absolute Gasteiger partial charge is 0.343 e. The highest BCUT2D eigenvalue weighted by atomic mass is 32.2. The second kappa shape index (κ2) is 10.1. The minimum atomic E-state index is -0.170. The molecule has 1 heterocycles. The van der Waals surface area contributed by atoms with E-state index in [9.17, 15) is 9.59 Å². The number of amides is 2. The van der Waals surface area contributed by atoms with E-state index in [0.717, 1.165) is 5.56 Å². The number of hydrogen-bond acceptors (Lipinski definition) is 5. The van der Waals surface area contributed by atoms with Gasteiger partial charge in [-0.15, -0.1) is 10.2 Å². The van der Waals surface area contributed by atoms with Gasteiger partial charge in [-0.25, -0.2) is 0 Å². The van der Waals surface area contributed by atoms with Gasteiger partial charge in [0.2, 0.25) is 5.91 Å². The Balaban J connectivity index is 1.72. The minimum absolute atomic E-state index is 0.0835. The van der Waals surface area contributed by atoms with Crippen LogP contribution < -0.4 is 5.32 Å². The summed E-state index contributed by atoms with van der Waals surface area (Å²) in [6.07, 6.45) is 0. The predicted molar refractivity (Wildman–Crippen MR) is 119 cm³/mol. The highest BCUT2D eigenvalue weighted by Crippen LogP contribution is 2.25. The molecular formula is C22H25N5O2S. The Hall–Kier alpha value is -3.13. The van der Waals surface area contributed by atoms with Crippen LogP contribution >= 0.6 is 11.8 Å². The van der Waals surface area contributed by atoms with Gasteiger partial charge in [-0.2, -0.15) is 0 Å². The fraction of sp³-hybridized carbons (Fsp3) is 0.273. The van der Waals surface area contributed by atoms with Gasteiger partial charge < -0.3 is 14.8 Å². The van der Waals surface area contributed by atoms with Gasteiger partial charge in [-0.3, -0.25) is 9.59 Å². The fourth-order valence-corrected chi connectivity index (χ4v) is 3.83. The molecule has 0 aliphatic heterocycles. The third-order valence-corrected chi connectivity index (χ3v) is 5.70. The van der Waals surface area contributed by atoms with Crippen molar-refractivity contribution < 1.29 is 9.59 Å². The van der Waals surface area contributed by atoms with E-state index in [4.69, 9.17) is 0 Å². The average Bonchev–Trinajstić information content (AvgIpc) is 3.14. The van der Waals surface area contributed by atoms with Crippen LogP contribution in [0.2, 0.25) is 0 Å². The highest BCUT2D eigenvalue weighted by Gasteiger charge is 2.16. The molecule has 0 spiro atoms. The third-order valence-electron chi connectivity index (χ3n) is 4.69. The van der Waals surface area contributed by atoms with Crippen molar-refractivity contribution in [2.45, 2.75) is 19.0 Å². The summed E-state index contributed by atoms with van der Waals surface area (Å²) in [5.41, 5.74) is 2.10. The molecule has 1 N–H and O–H groups in total. The lowest BCUT2D eigenvalue weighted by atomic mass is 10.1. The summed E-state index contributed by atoms with van der Waals surface area (Å²) in [7, 11) is 1.87. The normalized spacial score (nSPS) is 10.6. The summed E-state index contributed by atoms with van der Waals surface area (Å²) in [4.78, 5) is 26.4. The van der Waals surface area contributed by atoms with Crippen LogP contribution in [0.25, 0.3) is 11.4 Å². The van der Waals surface area contributed by atoms with Gasteiger partial charge in [0.15, 0.2) is 11.0 Å². The van der Waals surface area contributed by atoms with Crippen molar-refractivity contribution in [3.63, 3.8) is 0 Å². The first-order chi connectivity index (χ1) is 14.5. The first kappa shape index (κ1) is 21.6. The summed E-state index contributed by atoms with van der Waals surface area (Å²) in [6.45, 7) is 5.33. The second-order valence-corrected chi connectivity index (χ2v) is 7.56. The molecule has 2 aromatic carbocycles. The third kappa shape index (κ3) is 5.07.